The molecule has 0 bridgehead atoms. The monoisotopic (exact) mass is 247 g/mol. The van der Waals surface area contributed by atoms with Gasteiger partial charge >= 0.3 is 5.76 Å². The topological polar surface area (TPSA) is 46.2 Å². The first-order chi connectivity index (χ1) is 7.50. The first-order valence-corrected chi connectivity index (χ1v) is 6.43. The average Bonchev–Trinajstić information content (AvgIpc) is 3.02. The van der Waals surface area contributed by atoms with Gasteiger partial charge in [-0.3, -0.25) is 0 Å². The molecule has 6 heteroatoms. The van der Waals surface area contributed by atoms with Crippen LogP contribution < -0.4 is 5.32 Å². The van der Waals surface area contributed by atoms with Crippen molar-refractivity contribution in [3.63, 3.8) is 0 Å². The molecule has 0 aliphatic heterocycles. The van der Waals surface area contributed by atoms with Gasteiger partial charge in [-0.2, -0.15) is 8.78 Å². The molecule has 1 aliphatic carbocycles. The van der Waals surface area contributed by atoms with E-state index in [1.165, 1.54) is 24.3 Å². The summed E-state index contributed by atoms with van der Waals surface area (Å²) in [6, 6.07) is 5.86. The van der Waals surface area contributed by atoms with Gasteiger partial charge in [0.15, 0.2) is 0 Å². The van der Waals surface area contributed by atoms with E-state index in [1.54, 1.807) is 0 Å². The lowest BCUT2D eigenvalue weighted by molar-refractivity contribution is 0.234. The Morgan fingerprint density at radius 3 is 2.19 bits per heavy atom. The van der Waals surface area contributed by atoms with Crippen molar-refractivity contribution in [2.24, 2.45) is 0 Å². The molecular formula is C10H11F2NO2S. The number of hydrogen-bond donors (Lipinski definition) is 1. The normalized spacial score (nSPS) is 16.4. The smallest absolute Gasteiger partial charge is 0.341 e. The van der Waals surface area contributed by atoms with E-state index in [9.17, 15) is 17.2 Å². The Bertz CT molecular complexity index is 466. The molecule has 88 valence electrons. The molecular weight excluding hydrogens is 236 g/mol. The van der Waals surface area contributed by atoms with Gasteiger partial charge in [-0.15, -0.1) is 0 Å². The largest absolute Gasteiger partial charge is 0.382 e. The summed E-state index contributed by atoms with van der Waals surface area (Å²) in [5, 5.41) is 3.14. The molecule has 1 aliphatic rings. The second kappa shape index (κ2) is 4.01. The van der Waals surface area contributed by atoms with Gasteiger partial charge in [0.25, 0.3) is 0 Å². The van der Waals surface area contributed by atoms with E-state index in [1.807, 2.05) is 0 Å². The summed E-state index contributed by atoms with van der Waals surface area (Å²) in [6.07, 6.45) is 2.19. The minimum atomic E-state index is -4.47. The second-order valence-electron chi connectivity index (χ2n) is 3.75. The standard InChI is InChI=1S/C10H11F2NO2S/c11-10(12)16(14,15)9-5-3-8(4-6-9)13-7-1-2-7/h3-7,10,13H,1-2H2. The molecule has 16 heavy (non-hydrogen) atoms. The zero-order valence-corrected chi connectivity index (χ0v) is 9.18. The highest BCUT2D eigenvalue weighted by Gasteiger charge is 2.26. The van der Waals surface area contributed by atoms with Crippen LogP contribution in [-0.4, -0.2) is 20.2 Å². The number of alkyl halides is 2. The number of nitrogens with one attached hydrogen (secondary N) is 1. The van der Waals surface area contributed by atoms with Gasteiger partial charge in [-0.25, -0.2) is 8.42 Å². The second-order valence-corrected chi connectivity index (χ2v) is 5.67. The lowest BCUT2D eigenvalue weighted by Gasteiger charge is -2.06. The van der Waals surface area contributed by atoms with E-state index >= 15 is 0 Å². The summed E-state index contributed by atoms with van der Waals surface area (Å²) in [7, 11) is -4.47. The summed E-state index contributed by atoms with van der Waals surface area (Å²) in [5.74, 6) is -3.37. The van der Waals surface area contributed by atoms with Gasteiger partial charge in [0.2, 0.25) is 9.84 Å². The Hall–Kier alpha value is -1.17. The number of sulfone groups is 1. The lowest BCUT2D eigenvalue weighted by atomic mass is 10.3. The molecule has 1 fully saturated rings. The Kier molecular flexibility index (Phi) is 2.84. The van der Waals surface area contributed by atoms with Gasteiger partial charge in [-0.05, 0) is 37.1 Å². The Morgan fingerprint density at radius 2 is 1.75 bits per heavy atom. The minimum Gasteiger partial charge on any atom is -0.382 e. The molecule has 0 spiro atoms. The Labute approximate surface area is 92.4 Å². The molecule has 3 nitrogen and oxygen atoms in total. The molecule has 0 saturated heterocycles. The molecule has 0 aromatic heterocycles. The molecule has 0 unspecified atom stereocenters. The molecule has 0 atom stereocenters. The first kappa shape index (κ1) is 11.3. The maximum absolute atomic E-state index is 12.2. The van der Waals surface area contributed by atoms with Crippen molar-refractivity contribution in [1.82, 2.24) is 0 Å². The number of halogens is 2. The summed E-state index contributed by atoms with van der Waals surface area (Å²) in [6.45, 7) is 0. The minimum absolute atomic E-state index is 0.344. The van der Waals surface area contributed by atoms with E-state index in [0.717, 1.165) is 18.5 Å². The zero-order valence-electron chi connectivity index (χ0n) is 8.36. The van der Waals surface area contributed by atoms with E-state index < -0.39 is 15.6 Å². The molecule has 1 aromatic rings. The maximum Gasteiger partial charge on any atom is 0.341 e. The van der Waals surface area contributed by atoms with Crippen LogP contribution in [0.1, 0.15) is 12.8 Å². The molecule has 0 amide bonds. The van der Waals surface area contributed by atoms with Crippen LogP contribution in [0, 0.1) is 0 Å². The molecule has 0 heterocycles. The van der Waals surface area contributed by atoms with Crippen LogP contribution in [0.3, 0.4) is 0 Å². The van der Waals surface area contributed by atoms with Crippen LogP contribution in [0.2, 0.25) is 0 Å². The third kappa shape index (κ3) is 2.32. The zero-order chi connectivity index (χ0) is 11.8. The number of hydrogen-bond acceptors (Lipinski definition) is 3. The van der Waals surface area contributed by atoms with E-state index in [2.05, 4.69) is 5.32 Å². The molecule has 0 radical (unpaired) electrons. The van der Waals surface area contributed by atoms with Crippen LogP contribution in [0.15, 0.2) is 29.2 Å². The van der Waals surface area contributed by atoms with Crippen molar-refractivity contribution < 1.29 is 17.2 Å². The number of benzene rings is 1. The van der Waals surface area contributed by atoms with Crippen molar-refractivity contribution in [2.45, 2.75) is 29.5 Å². The summed E-state index contributed by atoms with van der Waals surface area (Å²) < 4.78 is 46.6. The molecule has 1 aromatic carbocycles. The van der Waals surface area contributed by atoms with Crippen LogP contribution in [0.25, 0.3) is 0 Å². The third-order valence-electron chi connectivity index (χ3n) is 2.37. The van der Waals surface area contributed by atoms with E-state index in [4.69, 9.17) is 0 Å². The summed E-state index contributed by atoms with van der Waals surface area (Å²) >= 11 is 0. The predicted molar refractivity (Wildman–Crippen MR) is 56.3 cm³/mol. The highest BCUT2D eigenvalue weighted by Crippen LogP contribution is 2.26. The number of rotatable bonds is 4. The quantitative estimate of drug-likeness (QED) is 0.887. The fourth-order valence-corrected chi connectivity index (χ4v) is 2.03. The van der Waals surface area contributed by atoms with E-state index in [0.29, 0.717) is 6.04 Å². The third-order valence-corrected chi connectivity index (χ3v) is 3.76. The highest BCUT2D eigenvalue weighted by molar-refractivity contribution is 7.91. The van der Waals surface area contributed by atoms with Crippen molar-refractivity contribution in [3.8, 4) is 0 Å². The van der Waals surface area contributed by atoms with Gasteiger partial charge in [0.05, 0.1) is 4.90 Å². The van der Waals surface area contributed by atoms with E-state index in [-0.39, 0.29) is 4.90 Å². The van der Waals surface area contributed by atoms with Crippen LogP contribution in [-0.2, 0) is 9.84 Å². The van der Waals surface area contributed by atoms with Gasteiger partial charge < -0.3 is 5.32 Å². The van der Waals surface area contributed by atoms with Crippen molar-refractivity contribution in [3.05, 3.63) is 24.3 Å². The molecule has 1 saturated carbocycles. The lowest BCUT2D eigenvalue weighted by Crippen LogP contribution is -2.11. The van der Waals surface area contributed by atoms with Crippen LogP contribution in [0.5, 0.6) is 0 Å². The Balaban J connectivity index is 2.18. The molecule has 1 N–H and O–H groups in total. The van der Waals surface area contributed by atoms with Gasteiger partial charge in [0, 0.05) is 11.7 Å². The number of anilines is 1. The maximum atomic E-state index is 12.2. The highest BCUT2D eigenvalue weighted by atomic mass is 32.2. The first-order valence-electron chi connectivity index (χ1n) is 4.89. The fourth-order valence-electron chi connectivity index (χ4n) is 1.31. The van der Waals surface area contributed by atoms with Crippen LogP contribution in [0.4, 0.5) is 14.5 Å². The summed E-state index contributed by atoms with van der Waals surface area (Å²) in [4.78, 5) is -0.344. The van der Waals surface area contributed by atoms with Crippen molar-refractivity contribution in [2.75, 3.05) is 5.32 Å². The average molecular weight is 247 g/mol. The van der Waals surface area contributed by atoms with Crippen molar-refractivity contribution in [1.29, 1.82) is 0 Å². The SMILES string of the molecule is O=S(=O)(c1ccc(NC2CC2)cc1)C(F)F. The fraction of sp³-hybridized carbons (Fsp3) is 0.400. The summed E-state index contributed by atoms with van der Waals surface area (Å²) in [5.41, 5.74) is 0.760. The van der Waals surface area contributed by atoms with Crippen molar-refractivity contribution >= 4 is 15.5 Å². The van der Waals surface area contributed by atoms with Crippen LogP contribution >= 0.6 is 0 Å². The Morgan fingerprint density at radius 1 is 1.19 bits per heavy atom. The van der Waals surface area contributed by atoms with Gasteiger partial charge in [0.1, 0.15) is 0 Å². The predicted octanol–water partition coefficient (Wildman–Crippen LogP) is 2.26. The molecule has 2 rings (SSSR count). The van der Waals surface area contributed by atoms with Gasteiger partial charge in [-0.1, -0.05) is 0 Å².